The van der Waals surface area contributed by atoms with E-state index in [4.69, 9.17) is 0 Å². The molecule has 4 aromatic heterocycles. The van der Waals surface area contributed by atoms with Crippen LogP contribution >= 0.6 is 0 Å². The number of nitrogens with one attached hydrogen (secondary N) is 2. The van der Waals surface area contributed by atoms with Crippen molar-refractivity contribution in [2.45, 2.75) is 63.4 Å². The Labute approximate surface area is 289 Å². The molecule has 5 aromatic rings. The number of aromatic nitrogens is 6. The van der Waals surface area contributed by atoms with Gasteiger partial charge in [0.2, 0.25) is 5.91 Å². The molecular formula is C35H28F7N7O3. The number of hydrogen-bond donors (Lipinski definition) is 3. The van der Waals surface area contributed by atoms with Gasteiger partial charge in [-0.3, -0.25) is 9.48 Å². The van der Waals surface area contributed by atoms with Gasteiger partial charge >= 0.3 is 11.9 Å². The summed E-state index contributed by atoms with van der Waals surface area (Å²) in [6, 6.07) is 7.44. The molecule has 1 fully saturated rings. The minimum Gasteiger partial charge on any atom is -0.378 e. The zero-order valence-corrected chi connectivity index (χ0v) is 27.5. The van der Waals surface area contributed by atoms with E-state index in [1.807, 2.05) is 0 Å². The van der Waals surface area contributed by atoms with Crippen LogP contribution in [0.15, 0.2) is 53.5 Å². The van der Waals surface area contributed by atoms with E-state index in [0.717, 1.165) is 12.1 Å². The van der Waals surface area contributed by atoms with E-state index in [2.05, 4.69) is 37.4 Å². The van der Waals surface area contributed by atoms with Crippen molar-refractivity contribution in [3.63, 3.8) is 0 Å². The molecule has 270 valence electrons. The molecule has 2 aliphatic rings. The third-order valence-corrected chi connectivity index (χ3v) is 9.17. The van der Waals surface area contributed by atoms with Gasteiger partial charge in [0.25, 0.3) is 5.92 Å². The molecule has 0 spiro atoms. The summed E-state index contributed by atoms with van der Waals surface area (Å²) in [5, 5.41) is 22.4. The second-order valence-corrected chi connectivity index (χ2v) is 13.5. The first-order valence-corrected chi connectivity index (χ1v) is 16.0. The average molecular weight is 728 g/mol. The van der Waals surface area contributed by atoms with Crippen LogP contribution in [-0.2, 0) is 29.9 Å². The molecule has 0 saturated heterocycles. The Morgan fingerprint density at radius 1 is 1.12 bits per heavy atom. The highest BCUT2D eigenvalue weighted by Crippen LogP contribution is 2.71. The molecule has 4 unspecified atom stereocenters. The SMILES string of the molecule is CC1C2c3c(C(F)(F)F)nn(CC(=O)NC(Cc4cc(F)cc(F)c4)c4nc(C#CC(C)(C)O)ccc4-c4ccc5n[nH]c(=O)n5c4)c3C(F)(F)C12. The smallest absolute Gasteiger partial charge is 0.378 e. The van der Waals surface area contributed by atoms with Crippen LogP contribution in [-0.4, -0.2) is 46.0 Å². The Bertz CT molecular complexity index is 2360. The summed E-state index contributed by atoms with van der Waals surface area (Å²) in [5.41, 5.74) is -4.05. The van der Waals surface area contributed by atoms with Crippen LogP contribution in [0.4, 0.5) is 30.7 Å². The second-order valence-electron chi connectivity index (χ2n) is 13.5. The lowest BCUT2D eigenvalue weighted by molar-refractivity contribution is -0.142. The highest BCUT2D eigenvalue weighted by atomic mass is 19.4. The molecule has 7 rings (SSSR count). The molecule has 17 heteroatoms. The lowest BCUT2D eigenvalue weighted by Gasteiger charge is -2.23. The number of carbonyl (C=O) groups excluding carboxylic acids is 1. The molecule has 10 nitrogen and oxygen atoms in total. The Balaban J connectivity index is 1.33. The van der Waals surface area contributed by atoms with Crippen molar-refractivity contribution in [3.8, 4) is 23.0 Å². The van der Waals surface area contributed by atoms with Gasteiger partial charge in [-0.05, 0) is 74.1 Å². The van der Waals surface area contributed by atoms with E-state index >= 15 is 8.78 Å². The van der Waals surface area contributed by atoms with Gasteiger partial charge in [0.05, 0.1) is 11.7 Å². The van der Waals surface area contributed by atoms with Crippen molar-refractivity contribution in [2.75, 3.05) is 0 Å². The van der Waals surface area contributed by atoms with Crippen molar-refractivity contribution in [1.82, 2.24) is 34.7 Å². The summed E-state index contributed by atoms with van der Waals surface area (Å²) in [5.74, 6) is -4.42. The Hall–Kier alpha value is -5.50. The van der Waals surface area contributed by atoms with Crippen LogP contribution in [0.25, 0.3) is 16.8 Å². The van der Waals surface area contributed by atoms with Gasteiger partial charge in [-0.15, -0.1) is 0 Å². The van der Waals surface area contributed by atoms with Crippen LogP contribution in [0.1, 0.15) is 66.6 Å². The van der Waals surface area contributed by atoms with Crippen molar-refractivity contribution in [2.24, 2.45) is 11.8 Å². The van der Waals surface area contributed by atoms with Crippen molar-refractivity contribution in [1.29, 1.82) is 0 Å². The molecule has 0 aliphatic heterocycles. The molecule has 0 radical (unpaired) electrons. The number of H-pyrrole nitrogens is 1. The van der Waals surface area contributed by atoms with Gasteiger partial charge in [-0.2, -0.15) is 32.1 Å². The summed E-state index contributed by atoms with van der Waals surface area (Å²) in [7, 11) is 0. The van der Waals surface area contributed by atoms with Crippen LogP contribution in [0.3, 0.4) is 0 Å². The topological polar surface area (TPSA) is 130 Å². The Morgan fingerprint density at radius 3 is 2.50 bits per heavy atom. The molecule has 1 aromatic carbocycles. The van der Waals surface area contributed by atoms with Gasteiger partial charge < -0.3 is 10.4 Å². The normalized spacial score (nSPS) is 19.5. The first kappa shape index (κ1) is 34.9. The monoisotopic (exact) mass is 727 g/mol. The largest absolute Gasteiger partial charge is 0.435 e. The number of carbonyl (C=O) groups is 1. The summed E-state index contributed by atoms with van der Waals surface area (Å²) >= 11 is 0. The zero-order valence-electron chi connectivity index (χ0n) is 27.5. The molecule has 4 heterocycles. The molecule has 1 saturated carbocycles. The number of benzene rings is 1. The molecule has 52 heavy (non-hydrogen) atoms. The highest BCUT2D eigenvalue weighted by Gasteiger charge is 2.72. The molecule has 4 atom stereocenters. The minimum atomic E-state index is -5.06. The number of rotatable bonds is 7. The van der Waals surface area contributed by atoms with Crippen molar-refractivity contribution >= 4 is 11.6 Å². The number of hydrogen-bond acceptors (Lipinski definition) is 6. The highest BCUT2D eigenvalue weighted by molar-refractivity contribution is 5.77. The lowest BCUT2D eigenvalue weighted by Crippen LogP contribution is -2.35. The number of halogens is 7. The fourth-order valence-corrected chi connectivity index (χ4v) is 6.98. The summed E-state index contributed by atoms with van der Waals surface area (Å²) in [4.78, 5) is 30.7. The molecule has 1 amide bonds. The number of pyridine rings is 2. The van der Waals surface area contributed by atoms with Crippen LogP contribution in [0, 0.1) is 35.3 Å². The summed E-state index contributed by atoms with van der Waals surface area (Å²) < 4.78 is 103. The Kier molecular flexibility index (Phi) is 8.09. The number of amides is 1. The minimum absolute atomic E-state index is 0.0264. The van der Waals surface area contributed by atoms with Crippen LogP contribution in [0.5, 0.6) is 0 Å². The second kappa shape index (κ2) is 12.0. The van der Waals surface area contributed by atoms with E-state index in [0.29, 0.717) is 16.3 Å². The third-order valence-electron chi connectivity index (χ3n) is 9.17. The fourth-order valence-electron chi connectivity index (χ4n) is 6.98. The van der Waals surface area contributed by atoms with Crippen molar-refractivity contribution in [3.05, 3.63) is 105 Å². The summed E-state index contributed by atoms with van der Waals surface area (Å²) in [6.07, 6.45) is -3.99. The molecular weight excluding hydrogens is 699 g/mol. The maximum absolute atomic E-state index is 15.5. The Morgan fingerprint density at radius 2 is 1.83 bits per heavy atom. The van der Waals surface area contributed by atoms with Crippen molar-refractivity contribution < 1.29 is 40.6 Å². The predicted octanol–water partition coefficient (Wildman–Crippen LogP) is 5.26. The number of aromatic amines is 1. The van der Waals surface area contributed by atoms with E-state index in [9.17, 15) is 36.6 Å². The van der Waals surface area contributed by atoms with Gasteiger partial charge in [-0.25, -0.2) is 28.1 Å². The molecule has 0 bridgehead atoms. The standard InChI is InChI=1S/C35H28F7N7O3/c1-16-26-27-30(35(40,41)42)47-49(31(27)34(38,39)28(16)26)15-25(50)44-23(12-17-10-19(36)13-20(37)11-17)29-22(6-5-21(43-29)8-9-33(2,3)52)18-4-7-24-45-46-32(51)48(24)14-18/h4-7,10-11,13-14,16,23,26,28,52H,12,15H2,1-3H3,(H,44,50)(H,46,51). The van der Waals surface area contributed by atoms with Crippen LogP contribution < -0.4 is 11.0 Å². The maximum atomic E-state index is 15.5. The van der Waals surface area contributed by atoms with E-state index in [-0.39, 0.29) is 34.6 Å². The zero-order chi connectivity index (χ0) is 37.5. The first-order valence-electron chi connectivity index (χ1n) is 16.0. The number of aliphatic hydroxyl groups is 1. The predicted molar refractivity (Wildman–Crippen MR) is 170 cm³/mol. The molecule has 3 N–H and O–H groups in total. The van der Waals surface area contributed by atoms with Gasteiger partial charge in [-0.1, -0.05) is 12.8 Å². The maximum Gasteiger partial charge on any atom is 0.435 e. The van der Waals surface area contributed by atoms with Gasteiger partial charge in [0.1, 0.15) is 35.2 Å². The van der Waals surface area contributed by atoms with Gasteiger partial charge in [0.15, 0.2) is 11.3 Å². The summed E-state index contributed by atoms with van der Waals surface area (Å²) in [6.45, 7) is 3.23. The van der Waals surface area contributed by atoms with Gasteiger partial charge in [0, 0.05) is 40.8 Å². The van der Waals surface area contributed by atoms with E-state index in [1.54, 1.807) is 6.07 Å². The third kappa shape index (κ3) is 6.31. The quantitative estimate of drug-likeness (QED) is 0.155. The fraction of sp³-hybridized carbons (Fsp3) is 0.343. The van der Waals surface area contributed by atoms with Crippen LogP contribution in [0.2, 0.25) is 0 Å². The number of nitrogens with zero attached hydrogens (tertiary/aromatic N) is 5. The van der Waals surface area contributed by atoms with E-state index in [1.165, 1.54) is 49.6 Å². The van der Waals surface area contributed by atoms with E-state index < -0.39 is 88.2 Å². The molecule has 2 aliphatic carbocycles. The lowest BCUT2D eigenvalue weighted by atomic mass is 9.95. The first-order chi connectivity index (χ1) is 24.3. The number of alkyl halides is 5. The number of fused-ring (bicyclic) bond motifs is 4. The average Bonchev–Trinajstić information content (AvgIpc) is 3.27.